The molecule has 2 amide bonds. The molecule has 8 nitrogen and oxygen atoms in total. The second-order valence-corrected chi connectivity index (χ2v) is 9.26. The van der Waals surface area contributed by atoms with Crippen molar-refractivity contribution in [2.45, 2.75) is 83.3 Å². The molecule has 30 heavy (non-hydrogen) atoms. The van der Waals surface area contributed by atoms with Crippen LogP contribution in [0.5, 0.6) is 0 Å². The minimum atomic E-state index is -0.830. The van der Waals surface area contributed by atoms with Gasteiger partial charge in [-0.05, 0) is 40.2 Å². The maximum Gasteiger partial charge on any atom is 0.411 e. The molecule has 0 aromatic heterocycles. The molecule has 0 aliphatic carbocycles. The van der Waals surface area contributed by atoms with Crippen LogP contribution in [0.1, 0.15) is 46.6 Å². The summed E-state index contributed by atoms with van der Waals surface area (Å²) in [6, 6.07) is 8.70. The monoisotopic (exact) mass is 420 g/mol. The van der Waals surface area contributed by atoms with Crippen molar-refractivity contribution < 1.29 is 28.5 Å². The number of nitrogens with two attached hydrogens (primary N) is 1. The van der Waals surface area contributed by atoms with Crippen LogP contribution >= 0.6 is 0 Å². The van der Waals surface area contributed by atoms with Gasteiger partial charge in [-0.25, -0.2) is 4.79 Å². The first kappa shape index (κ1) is 22.5. The van der Waals surface area contributed by atoms with Crippen LogP contribution in [0.2, 0.25) is 0 Å². The van der Waals surface area contributed by atoms with E-state index in [9.17, 15) is 9.59 Å². The van der Waals surface area contributed by atoms with Gasteiger partial charge in [-0.2, -0.15) is 0 Å². The Bertz CT molecular complexity index is 761. The smallest absolute Gasteiger partial charge is 0.411 e. The molecular weight excluding hydrogens is 388 g/mol. The molecule has 2 unspecified atom stereocenters. The van der Waals surface area contributed by atoms with Gasteiger partial charge in [-0.3, -0.25) is 9.69 Å². The minimum absolute atomic E-state index is 0.0466. The highest BCUT2D eigenvalue weighted by Crippen LogP contribution is 2.42. The summed E-state index contributed by atoms with van der Waals surface area (Å²) < 4.78 is 23.7. The Hall–Kier alpha value is -2.16. The van der Waals surface area contributed by atoms with Gasteiger partial charge in [-0.15, -0.1) is 0 Å². The Morgan fingerprint density at radius 2 is 1.70 bits per heavy atom. The van der Waals surface area contributed by atoms with Crippen LogP contribution in [0.15, 0.2) is 30.3 Å². The molecule has 3 rings (SSSR count). The van der Waals surface area contributed by atoms with Crippen molar-refractivity contribution in [3.05, 3.63) is 35.9 Å². The number of benzene rings is 1. The molecule has 8 heteroatoms. The van der Waals surface area contributed by atoms with Crippen molar-refractivity contribution in [2.75, 3.05) is 6.61 Å². The van der Waals surface area contributed by atoms with Crippen molar-refractivity contribution >= 4 is 12.0 Å². The zero-order valence-corrected chi connectivity index (χ0v) is 18.3. The van der Waals surface area contributed by atoms with E-state index in [0.717, 1.165) is 5.56 Å². The highest BCUT2D eigenvalue weighted by Gasteiger charge is 2.60. The van der Waals surface area contributed by atoms with Crippen LogP contribution in [0.3, 0.4) is 0 Å². The average molecular weight is 421 g/mol. The van der Waals surface area contributed by atoms with Gasteiger partial charge in [0.2, 0.25) is 5.91 Å². The van der Waals surface area contributed by atoms with Crippen molar-refractivity contribution in [3.8, 4) is 0 Å². The zero-order valence-electron chi connectivity index (χ0n) is 18.3. The van der Waals surface area contributed by atoms with Gasteiger partial charge in [0.25, 0.3) is 0 Å². The Labute approximate surface area is 177 Å². The van der Waals surface area contributed by atoms with Crippen molar-refractivity contribution in [1.82, 2.24) is 4.90 Å². The van der Waals surface area contributed by atoms with E-state index >= 15 is 0 Å². The van der Waals surface area contributed by atoms with Crippen LogP contribution in [0, 0.1) is 0 Å². The molecule has 0 spiro atoms. The van der Waals surface area contributed by atoms with Crippen LogP contribution in [0.25, 0.3) is 0 Å². The van der Waals surface area contributed by atoms with Crippen LogP contribution in [0.4, 0.5) is 4.79 Å². The third-order valence-corrected chi connectivity index (χ3v) is 5.05. The van der Waals surface area contributed by atoms with Crippen molar-refractivity contribution in [3.63, 3.8) is 0 Å². The van der Waals surface area contributed by atoms with Gasteiger partial charge < -0.3 is 24.7 Å². The number of nitrogens with zero attached hydrogens (tertiary/aromatic N) is 1. The topological polar surface area (TPSA) is 100 Å². The Kier molecular flexibility index (Phi) is 6.40. The lowest BCUT2D eigenvalue weighted by Crippen LogP contribution is -2.50. The molecule has 2 fully saturated rings. The second kappa shape index (κ2) is 8.53. The third-order valence-electron chi connectivity index (χ3n) is 5.05. The van der Waals surface area contributed by atoms with E-state index in [1.807, 2.05) is 44.2 Å². The summed E-state index contributed by atoms with van der Waals surface area (Å²) in [4.78, 5) is 26.4. The van der Waals surface area contributed by atoms with E-state index in [1.54, 1.807) is 20.8 Å². The quantitative estimate of drug-likeness (QED) is 0.759. The SMILES string of the molecule is CC(C)(C)OC(=O)N1C(COCc2ccccc2)[C@H]2OC(C)(C)O[C@H]2C1CC(N)=O. The Balaban J connectivity index is 1.83. The molecule has 2 heterocycles. The van der Waals surface area contributed by atoms with Crippen LogP contribution in [-0.4, -0.2) is 59.2 Å². The average Bonchev–Trinajstić information content (AvgIpc) is 3.06. The number of hydrogen-bond donors (Lipinski definition) is 1. The number of primary amides is 1. The van der Waals surface area contributed by atoms with Crippen LogP contribution in [-0.2, 0) is 30.3 Å². The van der Waals surface area contributed by atoms with E-state index < -0.39 is 47.7 Å². The number of carbonyl (C=O) groups is 2. The van der Waals surface area contributed by atoms with E-state index in [2.05, 4.69) is 0 Å². The molecular formula is C22H32N2O6. The van der Waals surface area contributed by atoms with E-state index in [-0.39, 0.29) is 13.0 Å². The molecule has 166 valence electrons. The highest BCUT2D eigenvalue weighted by molar-refractivity contribution is 5.77. The number of hydrogen-bond acceptors (Lipinski definition) is 6. The lowest BCUT2D eigenvalue weighted by molar-refractivity contribution is -0.170. The fourth-order valence-corrected chi connectivity index (χ4v) is 4.03. The lowest BCUT2D eigenvalue weighted by Gasteiger charge is -2.35. The summed E-state index contributed by atoms with van der Waals surface area (Å²) in [6.45, 7) is 9.61. The summed E-state index contributed by atoms with van der Waals surface area (Å²) in [7, 11) is 0. The van der Waals surface area contributed by atoms with Crippen LogP contribution < -0.4 is 5.73 Å². The fourth-order valence-electron chi connectivity index (χ4n) is 4.03. The molecule has 2 aliphatic heterocycles. The zero-order chi connectivity index (χ0) is 22.1. The molecule has 4 atom stereocenters. The van der Waals surface area contributed by atoms with E-state index in [0.29, 0.717) is 6.61 Å². The molecule has 0 saturated carbocycles. The summed E-state index contributed by atoms with van der Waals surface area (Å²) in [6.07, 6.45) is -1.53. The van der Waals surface area contributed by atoms with Gasteiger partial charge in [0.05, 0.1) is 25.3 Å². The number of amides is 2. The summed E-state index contributed by atoms with van der Waals surface area (Å²) >= 11 is 0. The Morgan fingerprint density at radius 1 is 1.10 bits per heavy atom. The molecule has 2 N–H and O–H groups in total. The first-order chi connectivity index (χ1) is 14.0. The molecule has 1 aromatic carbocycles. The number of fused-ring (bicyclic) bond motifs is 1. The molecule has 2 saturated heterocycles. The molecule has 0 radical (unpaired) electrons. The van der Waals surface area contributed by atoms with Gasteiger partial charge in [0.1, 0.15) is 17.8 Å². The predicted octanol–water partition coefficient (Wildman–Crippen LogP) is 2.59. The molecule has 1 aromatic rings. The van der Waals surface area contributed by atoms with Gasteiger partial charge in [-0.1, -0.05) is 30.3 Å². The lowest BCUT2D eigenvalue weighted by atomic mass is 10.1. The van der Waals surface area contributed by atoms with Gasteiger partial charge in [0, 0.05) is 6.42 Å². The summed E-state index contributed by atoms with van der Waals surface area (Å²) in [5.74, 6) is -1.35. The standard InChI is InChI=1S/C22H32N2O6/c1-21(2,3)30-20(26)24-15(11-17(23)25)18-19(29-22(4,5)28-18)16(24)13-27-12-14-9-7-6-8-10-14/h6-10,15-16,18-19H,11-13H2,1-5H3,(H2,23,25)/t15?,16?,18-,19+/m0/s1. The fraction of sp³-hybridized carbons (Fsp3) is 0.636. The first-order valence-corrected chi connectivity index (χ1v) is 10.2. The highest BCUT2D eigenvalue weighted by atomic mass is 16.8. The number of ether oxygens (including phenoxy) is 4. The first-order valence-electron chi connectivity index (χ1n) is 10.2. The van der Waals surface area contributed by atoms with Crippen molar-refractivity contribution in [2.24, 2.45) is 5.73 Å². The predicted molar refractivity (Wildman–Crippen MR) is 109 cm³/mol. The maximum absolute atomic E-state index is 13.1. The van der Waals surface area contributed by atoms with Gasteiger partial charge >= 0.3 is 6.09 Å². The Morgan fingerprint density at radius 3 is 2.27 bits per heavy atom. The summed E-state index contributed by atoms with van der Waals surface area (Å²) in [5.41, 5.74) is 5.82. The number of rotatable bonds is 6. The number of carbonyl (C=O) groups excluding carboxylic acids is 2. The largest absolute Gasteiger partial charge is 0.444 e. The second-order valence-electron chi connectivity index (χ2n) is 9.26. The van der Waals surface area contributed by atoms with Gasteiger partial charge in [0.15, 0.2) is 5.79 Å². The normalized spacial score (nSPS) is 27.7. The third kappa shape index (κ3) is 5.30. The maximum atomic E-state index is 13.1. The summed E-state index contributed by atoms with van der Waals surface area (Å²) in [5, 5.41) is 0. The van der Waals surface area contributed by atoms with E-state index in [1.165, 1.54) is 4.90 Å². The molecule has 0 bridgehead atoms. The number of likely N-dealkylation sites (tertiary alicyclic amines) is 1. The minimum Gasteiger partial charge on any atom is -0.444 e. The molecule has 2 aliphatic rings. The van der Waals surface area contributed by atoms with Crippen molar-refractivity contribution in [1.29, 1.82) is 0 Å². The van der Waals surface area contributed by atoms with E-state index in [4.69, 9.17) is 24.7 Å².